The van der Waals surface area contributed by atoms with Crippen molar-refractivity contribution < 1.29 is 19.0 Å². The third-order valence-electron chi connectivity index (χ3n) is 4.66. The summed E-state index contributed by atoms with van der Waals surface area (Å²) in [6.07, 6.45) is 5.16. The number of anilines is 2. The number of hydrogen-bond acceptors (Lipinski definition) is 8. The van der Waals surface area contributed by atoms with Crippen molar-refractivity contribution in [2.24, 2.45) is 0 Å². The smallest absolute Gasteiger partial charge is 0.330 e. The monoisotopic (exact) mass is 420 g/mol. The summed E-state index contributed by atoms with van der Waals surface area (Å²) in [6, 6.07) is 11.5. The molecule has 0 saturated heterocycles. The molecule has 4 N–H and O–H groups in total. The van der Waals surface area contributed by atoms with Gasteiger partial charge >= 0.3 is 5.97 Å². The molecule has 0 spiro atoms. The zero-order valence-electron chi connectivity index (χ0n) is 17.6. The van der Waals surface area contributed by atoms with Crippen molar-refractivity contribution in [1.82, 2.24) is 9.97 Å². The van der Waals surface area contributed by atoms with Crippen molar-refractivity contribution in [3.05, 3.63) is 65.4 Å². The van der Waals surface area contributed by atoms with Gasteiger partial charge in [-0.1, -0.05) is 18.2 Å². The summed E-state index contributed by atoms with van der Waals surface area (Å²) >= 11 is 0. The van der Waals surface area contributed by atoms with E-state index >= 15 is 0 Å². The molecule has 0 amide bonds. The Balaban J connectivity index is 1.99. The molecule has 0 saturated carbocycles. The maximum atomic E-state index is 11.3. The summed E-state index contributed by atoms with van der Waals surface area (Å²) in [7, 11) is 4.54. The quantitative estimate of drug-likeness (QED) is 0.442. The van der Waals surface area contributed by atoms with E-state index in [0.29, 0.717) is 23.7 Å². The fraction of sp³-hybridized carbons (Fsp3) is 0.174. The Bertz CT molecular complexity index is 1130. The molecule has 8 nitrogen and oxygen atoms in total. The van der Waals surface area contributed by atoms with E-state index in [1.165, 1.54) is 13.2 Å². The summed E-state index contributed by atoms with van der Waals surface area (Å²) in [4.78, 5) is 19.4. The van der Waals surface area contributed by atoms with Crippen molar-refractivity contribution in [2.75, 3.05) is 32.8 Å². The van der Waals surface area contributed by atoms with E-state index in [-0.39, 0.29) is 5.95 Å². The minimum absolute atomic E-state index is 0.138. The van der Waals surface area contributed by atoms with Crippen molar-refractivity contribution in [3.8, 4) is 22.6 Å². The van der Waals surface area contributed by atoms with Gasteiger partial charge < -0.3 is 25.7 Å². The van der Waals surface area contributed by atoms with E-state index in [1.807, 2.05) is 36.4 Å². The van der Waals surface area contributed by atoms with E-state index < -0.39 is 5.97 Å². The van der Waals surface area contributed by atoms with E-state index in [9.17, 15) is 4.79 Å². The second kappa shape index (κ2) is 9.62. The molecule has 0 aliphatic rings. The Kier molecular flexibility index (Phi) is 6.71. The SMILES string of the molecule is COC(=O)C=Cc1ccc(-c2cc(Cc3cnc(N)nc3N)cc(OC)c2)c(OC)c1. The number of nitrogens with zero attached hydrogens (tertiary/aromatic N) is 2. The number of ether oxygens (including phenoxy) is 3. The van der Waals surface area contributed by atoms with Crippen molar-refractivity contribution in [3.63, 3.8) is 0 Å². The van der Waals surface area contributed by atoms with Gasteiger partial charge in [-0.05, 0) is 41.0 Å². The molecular formula is C23H24N4O4. The van der Waals surface area contributed by atoms with Crippen molar-refractivity contribution >= 4 is 23.8 Å². The summed E-state index contributed by atoms with van der Waals surface area (Å²) in [5.74, 6) is 1.40. The first-order valence-corrected chi connectivity index (χ1v) is 9.42. The van der Waals surface area contributed by atoms with Gasteiger partial charge in [0.2, 0.25) is 5.95 Å². The lowest BCUT2D eigenvalue weighted by Crippen LogP contribution is -2.04. The number of carbonyl (C=O) groups excluding carboxylic acids is 1. The van der Waals surface area contributed by atoms with Crippen molar-refractivity contribution in [2.45, 2.75) is 6.42 Å². The number of benzene rings is 2. The molecule has 3 aromatic rings. The first-order chi connectivity index (χ1) is 14.9. The minimum Gasteiger partial charge on any atom is -0.497 e. The highest BCUT2D eigenvalue weighted by Crippen LogP contribution is 2.35. The highest BCUT2D eigenvalue weighted by molar-refractivity contribution is 5.87. The van der Waals surface area contributed by atoms with E-state index in [4.69, 9.17) is 20.9 Å². The Hall–Kier alpha value is -4.07. The maximum absolute atomic E-state index is 11.3. The molecule has 0 radical (unpaired) electrons. The van der Waals surface area contributed by atoms with Crippen LogP contribution in [0.25, 0.3) is 17.2 Å². The molecule has 3 rings (SSSR count). The van der Waals surface area contributed by atoms with Crippen LogP contribution in [0.15, 0.2) is 48.7 Å². The Labute approximate surface area is 180 Å². The molecule has 2 aromatic carbocycles. The average molecular weight is 420 g/mol. The summed E-state index contributed by atoms with van der Waals surface area (Å²) in [6.45, 7) is 0. The van der Waals surface area contributed by atoms with Crippen molar-refractivity contribution in [1.29, 1.82) is 0 Å². The number of hydrogen-bond donors (Lipinski definition) is 2. The lowest BCUT2D eigenvalue weighted by Gasteiger charge is -2.13. The summed E-state index contributed by atoms with van der Waals surface area (Å²) in [5, 5.41) is 0. The molecule has 160 valence electrons. The normalized spacial score (nSPS) is 10.8. The lowest BCUT2D eigenvalue weighted by atomic mass is 9.97. The molecule has 1 aromatic heterocycles. The predicted molar refractivity (Wildman–Crippen MR) is 120 cm³/mol. The number of rotatable bonds is 7. The Morgan fingerprint density at radius 1 is 1.06 bits per heavy atom. The predicted octanol–water partition coefficient (Wildman–Crippen LogP) is 3.10. The first-order valence-electron chi connectivity index (χ1n) is 9.42. The lowest BCUT2D eigenvalue weighted by molar-refractivity contribution is -0.134. The van der Waals surface area contributed by atoms with Crippen LogP contribution in [0.1, 0.15) is 16.7 Å². The van der Waals surface area contributed by atoms with Crippen LogP contribution >= 0.6 is 0 Å². The van der Waals surface area contributed by atoms with E-state index in [2.05, 4.69) is 14.7 Å². The first kappa shape index (κ1) is 21.6. The number of methoxy groups -OCH3 is 3. The molecule has 0 aliphatic carbocycles. The van der Waals surface area contributed by atoms with Crippen LogP contribution < -0.4 is 20.9 Å². The zero-order chi connectivity index (χ0) is 22.4. The molecule has 0 fully saturated rings. The van der Waals surface area contributed by atoms with Gasteiger partial charge in [-0.25, -0.2) is 9.78 Å². The number of aromatic nitrogens is 2. The number of nitrogen functional groups attached to an aromatic ring is 2. The largest absolute Gasteiger partial charge is 0.497 e. The molecule has 0 atom stereocenters. The molecule has 0 bridgehead atoms. The van der Waals surface area contributed by atoms with Gasteiger partial charge in [0.25, 0.3) is 0 Å². The molecular weight excluding hydrogens is 396 g/mol. The van der Waals surface area contributed by atoms with Gasteiger partial charge in [0, 0.05) is 29.8 Å². The number of esters is 1. The van der Waals surface area contributed by atoms with Gasteiger partial charge in [-0.15, -0.1) is 0 Å². The van der Waals surface area contributed by atoms with Gasteiger partial charge in [0.1, 0.15) is 17.3 Å². The van der Waals surface area contributed by atoms with Crippen LogP contribution in [-0.2, 0) is 16.0 Å². The Morgan fingerprint density at radius 2 is 1.87 bits per heavy atom. The average Bonchev–Trinajstić information content (AvgIpc) is 2.78. The fourth-order valence-corrected chi connectivity index (χ4v) is 3.11. The third-order valence-corrected chi connectivity index (χ3v) is 4.66. The summed E-state index contributed by atoms with van der Waals surface area (Å²) in [5.41, 5.74) is 15.9. The summed E-state index contributed by atoms with van der Waals surface area (Å²) < 4.78 is 15.7. The van der Waals surface area contributed by atoms with Crippen LogP contribution in [0.5, 0.6) is 11.5 Å². The molecule has 1 heterocycles. The minimum atomic E-state index is -0.425. The molecule has 0 unspecified atom stereocenters. The van der Waals surface area contributed by atoms with Gasteiger partial charge in [0.05, 0.1) is 21.3 Å². The second-order valence-corrected chi connectivity index (χ2v) is 6.70. The van der Waals surface area contributed by atoms with Crippen LogP contribution in [0.3, 0.4) is 0 Å². The highest BCUT2D eigenvalue weighted by Gasteiger charge is 2.12. The standard InChI is InChI=1S/C23H24N4O4/c1-29-18-10-15(9-17-13-26-23(25)27-22(17)24)8-16(12-18)19-6-4-14(11-20(19)30-2)5-7-21(28)31-3/h4-8,10-13H,9H2,1-3H3,(H4,24,25,26,27). The van der Waals surface area contributed by atoms with E-state index in [0.717, 1.165) is 27.8 Å². The number of nitrogens with two attached hydrogens (primary N) is 2. The molecule has 8 heteroatoms. The molecule has 0 aliphatic heterocycles. The van der Waals surface area contributed by atoms with Crippen LogP contribution in [0.2, 0.25) is 0 Å². The Morgan fingerprint density at radius 3 is 2.55 bits per heavy atom. The zero-order valence-corrected chi connectivity index (χ0v) is 17.6. The number of carbonyl (C=O) groups is 1. The van der Waals surface area contributed by atoms with Gasteiger partial charge in [-0.2, -0.15) is 4.98 Å². The van der Waals surface area contributed by atoms with Gasteiger partial charge in [-0.3, -0.25) is 0 Å². The maximum Gasteiger partial charge on any atom is 0.330 e. The van der Waals surface area contributed by atoms with Gasteiger partial charge in [0.15, 0.2) is 0 Å². The van der Waals surface area contributed by atoms with Crippen LogP contribution in [0.4, 0.5) is 11.8 Å². The molecule has 31 heavy (non-hydrogen) atoms. The third kappa shape index (κ3) is 5.30. The highest BCUT2D eigenvalue weighted by atomic mass is 16.5. The fourth-order valence-electron chi connectivity index (χ4n) is 3.11. The second-order valence-electron chi connectivity index (χ2n) is 6.70. The van der Waals surface area contributed by atoms with E-state index in [1.54, 1.807) is 26.5 Å². The topological polar surface area (TPSA) is 123 Å². The van der Waals surface area contributed by atoms with Crippen LogP contribution in [-0.4, -0.2) is 37.3 Å². The van der Waals surface area contributed by atoms with Crippen LogP contribution in [0, 0.1) is 0 Å².